The first-order valence-corrected chi connectivity index (χ1v) is 4.50. The van der Waals surface area contributed by atoms with Crippen molar-refractivity contribution in [2.24, 2.45) is 5.92 Å². The Morgan fingerprint density at radius 2 is 2.00 bits per heavy atom. The maximum Gasteiger partial charge on any atom is 0.0796 e. The Balaban J connectivity index is 3.57. The number of rotatable bonds is 5. The van der Waals surface area contributed by atoms with E-state index in [9.17, 15) is 5.11 Å². The monoisotopic (exact) mass is 172 g/mol. The van der Waals surface area contributed by atoms with Crippen molar-refractivity contribution >= 4 is 0 Å². The minimum Gasteiger partial charge on any atom is -0.394 e. The fourth-order valence-corrected chi connectivity index (χ4v) is 1.01. The van der Waals surface area contributed by atoms with Crippen molar-refractivity contribution in [2.45, 2.75) is 39.7 Å². The van der Waals surface area contributed by atoms with Gasteiger partial charge in [-0.3, -0.25) is 0 Å². The summed E-state index contributed by atoms with van der Waals surface area (Å²) in [5.41, 5.74) is 1.31. The lowest BCUT2D eigenvalue weighted by Crippen LogP contribution is -2.21. The van der Waals surface area contributed by atoms with E-state index in [0.717, 1.165) is 12.8 Å². The van der Waals surface area contributed by atoms with Crippen LogP contribution in [0.4, 0.5) is 0 Å². The molecule has 0 spiro atoms. The van der Waals surface area contributed by atoms with Gasteiger partial charge in [0.05, 0.1) is 12.7 Å². The quantitative estimate of drug-likeness (QED) is 0.620. The second-order valence-corrected chi connectivity index (χ2v) is 3.59. The van der Waals surface area contributed by atoms with Crippen LogP contribution in [-0.4, -0.2) is 22.9 Å². The minimum absolute atomic E-state index is 0.129. The van der Waals surface area contributed by atoms with Crippen LogP contribution in [0.15, 0.2) is 11.6 Å². The number of hydrogen-bond acceptors (Lipinski definition) is 2. The molecule has 0 radical (unpaired) electrons. The molecule has 2 N–H and O–H groups in total. The van der Waals surface area contributed by atoms with E-state index in [1.807, 2.05) is 6.92 Å². The van der Waals surface area contributed by atoms with Gasteiger partial charge in [-0.1, -0.05) is 18.6 Å². The molecule has 0 saturated heterocycles. The molecule has 12 heavy (non-hydrogen) atoms. The van der Waals surface area contributed by atoms with E-state index >= 15 is 0 Å². The van der Waals surface area contributed by atoms with Gasteiger partial charge in [0.25, 0.3) is 0 Å². The Hall–Kier alpha value is -0.340. The first kappa shape index (κ1) is 11.7. The molecule has 0 aromatic heterocycles. The van der Waals surface area contributed by atoms with Gasteiger partial charge in [0, 0.05) is 0 Å². The van der Waals surface area contributed by atoms with Gasteiger partial charge >= 0.3 is 0 Å². The SMILES string of the molecule is CC(C)=CCC[C@H](C)[C@@H](O)CO. The van der Waals surface area contributed by atoms with Gasteiger partial charge in [0.15, 0.2) is 0 Å². The summed E-state index contributed by atoms with van der Waals surface area (Å²) in [6.07, 6.45) is 3.52. The van der Waals surface area contributed by atoms with Crippen LogP contribution in [0.1, 0.15) is 33.6 Å². The van der Waals surface area contributed by atoms with Crippen molar-refractivity contribution < 1.29 is 10.2 Å². The van der Waals surface area contributed by atoms with Gasteiger partial charge in [-0.25, -0.2) is 0 Å². The Morgan fingerprint density at radius 1 is 1.42 bits per heavy atom. The van der Waals surface area contributed by atoms with Gasteiger partial charge in [-0.15, -0.1) is 0 Å². The topological polar surface area (TPSA) is 40.5 Å². The van der Waals surface area contributed by atoms with Gasteiger partial charge in [0.2, 0.25) is 0 Å². The molecule has 2 heteroatoms. The first-order chi connectivity index (χ1) is 5.57. The predicted molar refractivity (Wildman–Crippen MR) is 50.9 cm³/mol. The van der Waals surface area contributed by atoms with E-state index in [2.05, 4.69) is 19.9 Å². The number of hydrogen-bond donors (Lipinski definition) is 2. The lowest BCUT2D eigenvalue weighted by atomic mass is 9.99. The van der Waals surface area contributed by atoms with Gasteiger partial charge in [0.1, 0.15) is 0 Å². The zero-order valence-corrected chi connectivity index (χ0v) is 8.25. The Labute approximate surface area is 74.9 Å². The lowest BCUT2D eigenvalue weighted by Gasteiger charge is -2.15. The zero-order chi connectivity index (χ0) is 9.56. The summed E-state index contributed by atoms with van der Waals surface area (Å²) in [6, 6.07) is 0. The van der Waals surface area contributed by atoms with Crippen molar-refractivity contribution in [3.05, 3.63) is 11.6 Å². The molecule has 2 atom stereocenters. The summed E-state index contributed by atoms with van der Waals surface area (Å²) < 4.78 is 0. The number of aliphatic hydroxyl groups excluding tert-OH is 2. The number of aliphatic hydroxyl groups is 2. The molecule has 72 valence electrons. The third-order valence-electron chi connectivity index (χ3n) is 2.02. The van der Waals surface area contributed by atoms with Crippen LogP contribution in [0.5, 0.6) is 0 Å². The molecule has 0 aromatic carbocycles. The molecule has 0 unspecified atom stereocenters. The van der Waals surface area contributed by atoms with Gasteiger partial charge in [-0.2, -0.15) is 0 Å². The van der Waals surface area contributed by atoms with Crippen molar-refractivity contribution in [3.63, 3.8) is 0 Å². The van der Waals surface area contributed by atoms with Crippen LogP contribution < -0.4 is 0 Å². The fraction of sp³-hybridized carbons (Fsp3) is 0.800. The smallest absolute Gasteiger partial charge is 0.0796 e. The Bertz CT molecular complexity index is 137. The molecule has 0 rings (SSSR count). The van der Waals surface area contributed by atoms with E-state index in [0.29, 0.717) is 0 Å². The van der Waals surface area contributed by atoms with Crippen molar-refractivity contribution in [1.82, 2.24) is 0 Å². The van der Waals surface area contributed by atoms with E-state index in [-0.39, 0.29) is 12.5 Å². The van der Waals surface area contributed by atoms with E-state index < -0.39 is 6.10 Å². The molecule has 0 bridgehead atoms. The largest absolute Gasteiger partial charge is 0.394 e. The summed E-state index contributed by atoms with van der Waals surface area (Å²) in [6.45, 7) is 5.95. The molecule has 0 saturated carbocycles. The van der Waals surface area contributed by atoms with E-state index in [4.69, 9.17) is 5.11 Å². The summed E-state index contributed by atoms with van der Waals surface area (Å²) in [5, 5.41) is 17.9. The molecule has 0 fully saturated rings. The first-order valence-electron chi connectivity index (χ1n) is 4.50. The van der Waals surface area contributed by atoms with Crippen LogP contribution in [0, 0.1) is 5.92 Å². The second-order valence-electron chi connectivity index (χ2n) is 3.59. The summed E-state index contributed by atoms with van der Waals surface area (Å²) in [7, 11) is 0. The molecule has 0 aliphatic rings. The van der Waals surface area contributed by atoms with Crippen LogP contribution >= 0.6 is 0 Å². The van der Waals surface area contributed by atoms with Crippen molar-refractivity contribution in [2.75, 3.05) is 6.61 Å². The Kier molecular flexibility index (Phi) is 6.03. The average molecular weight is 172 g/mol. The van der Waals surface area contributed by atoms with Gasteiger partial charge < -0.3 is 10.2 Å². The third-order valence-corrected chi connectivity index (χ3v) is 2.02. The highest BCUT2D eigenvalue weighted by atomic mass is 16.3. The molecule has 0 aliphatic heterocycles. The molecule has 2 nitrogen and oxygen atoms in total. The highest BCUT2D eigenvalue weighted by molar-refractivity contribution is 4.92. The standard InChI is InChI=1S/C10H20O2/c1-8(2)5-4-6-9(3)10(12)7-11/h5,9-12H,4,6-7H2,1-3H3/t9-,10-/m0/s1. The summed E-state index contributed by atoms with van der Waals surface area (Å²) >= 11 is 0. The van der Waals surface area contributed by atoms with Gasteiger partial charge in [-0.05, 0) is 32.6 Å². The van der Waals surface area contributed by atoms with E-state index in [1.54, 1.807) is 0 Å². The fourth-order valence-electron chi connectivity index (χ4n) is 1.01. The normalized spacial score (nSPS) is 15.4. The third kappa shape index (κ3) is 5.33. The molecular weight excluding hydrogens is 152 g/mol. The van der Waals surface area contributed by atoms with Crippen LogP contribution in [0.2, 0.25) is 0 Å². The zero-order valence-electron chi connectivity index (χ0n) is 8.25. The van der Waals surface area contributed by atoms with Crippen LogP contribution in [-0.2, 0) is 0 Å². The summed E-state index contributed by atoms with van der Waals surface area (Å²) in [4.78, 5) is 0. The highest BCUT2D eigenvalue weighted by Gasteiger charge is 2.11. The molecule has 0 aromatic rings. The maximum absolute atomic E-state index is 9.22. The van der Waals surface area contributed by atoms with Crippen LogP contribution in [0.3, 0.4) is 0 Å². The lowest BCUT2D eigenvalue weighted by molar-refractivity contribution is 0.0507. The summed E-state index contributed by atoms with van der Waals surface area (Å²) in [5.74, 6) is 0.186. The molecule has 0 amide bonds. The molecule has 0 aliphatic carbocycles. The second kappa shape index (κ2) is 6.21. The highest BCUT2D eigenvalue weighted by Crippen LogP contribution is 2.11. The van der Waals surface area contributed by atoms with Crippen molar-refractivity contribution in [3.8, 4) is 0 Å². The molecule has 0 heterocycles. The Morgan fingerprint density at radius 3 is 2.42 bits per heavy atom. The van der Waals surface area contributed by atoms with Crippen molar-refractivity contribution in [1.29, 1.82) is 0 Å². The predicted octanol–water partition coefficient (Wildman–Crippen LogP) is 1.72. The van der Waals surface area contributed by atoms with E-state index in [1.165, 1.54) is 5.57 Å². The minimum atomic E-state index is -0.560. The number of allylic oxidation sites excluding steroid dienone is 2. The molecular formula is C10H20O2. The van der Waals surface area contributed by atoms with Crippen LogP contribution in [0.25, 0.3) is 0 Å². The average Bonchev–Trinajstić information content (AvgIpc) is 2.02. The maximum atomic E-state index is 9.22.